The van der Waals surface area contributed by atoms with Gasteiger partial charge < -0.3 is 14.2 Å². The number of carbonyl (C=O) groups is 3. The van der Waals surface area contributed by atoms with E-state index in [0.29, 0.717) is 12.8 Å². The fourth-order valence-electron chi connectivity index (χ4n) is 6.34. The zero-order chi connectivity index (χ0) is 37.1. The minimum absolute atomic E-state index is 0.115. The molecule has 0 N–H and O–H groups in total. The minimum atomic E-state index is -0.819. The smallest absolute Gasteiger partial charge is 0.306 e. The van der Waals surface area contributed by atoms with Crippen molar-refractivity contribution in [3.05, 3.63) is 72.3 Å². The average Bonchev–Trinajstić information content (AvgIpc) is 3.15. The molecule has 0 heterocycles. The van der Waals surface area contributed by atoms with E-state index >= 15 is 0 Å². The van der Waals surface area contributed by atoms with Crippen LogP contribution in [0.25, 0.3) is 21.5 Å². The van der Waals surface area contributed by atoms with Crippen molar-refractivity contribution >= 4 is 55.4 Å². The molecule has 6 nitrogen and oxygen atoms in total. The quantitative estimate of drug-likeness (QED) is 0.0174. The topological polar surface area (TPSA) is 78.9 Å². The Morgan fingerprint density at radius 2 is 1.10 bits per heavy atom. The number of alkyl halides is 1. The number of unbranched alkanes of at least 4 members (excludes halogenated alkanes) is 13. The Morgan fingerprint density at radius 1 is 0.577 bits per heavy atom. The van der Waals surface area contributed by atoms with Gasteiger partial charge in [0, 0.05) is 24.6 Å². The van der Waals surface area contributed by atoms with Gasteiger partial charge in [-0.1, -0.05) is 135 Å². The second kappa shape index (κ2) is 27.4. The van der Waals surface area contributed by atoms with Crippen molar-refractivity contribution in [3.63, 3.8) is 0 Å². The van der Waals surface area contributed by atoms with E-state index in [4.69, 9.17) is 14.2 Å². The molecule has 0 unspecified atom stereocenters. The highest BCUT2D eigenvalue weighted by Crippen LogP contribution is 2.24. The van der Waals surface area contributed by atoms with Crippen molar-refractivity contribution < 1.29 is 28.6 Å². The van der Waals surface area contributed by atoms with E-state index in [1.54, 1.807) is 0 Å². The third-order valence-corrected chi connectivity index (χ3v) is 9.99. The van der Waals surface area contributed by atoms with E-state index in [1.165, 1.54) is 78.5 Å². The number of esters is 3. The van der Waals surface area contributed by atoms with Crippen LogP contribution in [-0.4, -0.2) is 42.6 Å². The van der Waals surface area contributed by atoms with Crippen LogP contribution in [0, 0.1) is 0 Å². The molecule has 0 saturated heterocycles. The van der Waals surface area contributed by atoms with Gasteiger partial charge in [0.15, 0.2) is 6.10 Å². The molecule has 52 heavy (non-hydrogen) atoms. The molecule has 0 saturated carbocycles. The second-order valence-corrected chi connectivity index (χ2v) is 14.8. The van der Waals surface area contributed by atoms with Gasteiger partial charge in [0.2, 0.25) is 0 Å². The summed E-state index contributed by atoms with van der Waals surface area (Å²) in [6.45, 7) is 2.01. The number of allylic oxidation sites excluding steroid dienone is 2. The second-order valence-electron chi connectivity index (χ2n) is 14.0. The first-order valence-corrected chi connectivity index (χ1v) is 21.2. The van der Waals surface area contributed by atoms with Crippen LogP contribution in [0.5, 0.6) is 0 Å². The van der Waals surface area contributed by atoms with Gasteiger partial charge in [-0.15, -0.1) is 0 Å². The van der Waals surface area contributed by atoms with Crippen molar-refractivity contribution in [2.45, 2.75) is 148 Å². The zero-order valence-corrected chi connectivity index (χ0v) is 33.3. The lowest BCUT2D eigenvalue weighted by molar-refractivity contribution is -0.167. The molecule has 3 aromatic carbocycles. The molecule has 3 aromatic rings. The Bertz CT molecular complexity index is 1480. The van der Waals surface area contributed by atoms with Crippen LogP contribution in [0.1, 0.15) is 141 Å². The molecule has 0 aliphatic heterocycles. The number of aryl methyl sites for hydroxylation is 1. The average molecular weight is 780 g/mol. The fraction of sp³-hybridized carbons (Fsp3) is 0.578. The van der Waals surface area contributed by atoms with Crippen LogP contribution in [0.15, 0.2) is 66.7 Å². The largest absolute Gasteiger partial charge is 0.462 e. The molecule has 0 aliphatic rings. The first kappa shape index (κ1) is 43.2. The van der Waals surface area contributed by atoms with E-state index in [1.807, 2.05) is 6.07 Å². The number of hydrogen-bond donors (Lipinski definition) is 0. The van der Waals surface area contributed by atoms with Crippen molar-refractivity contribution in [2.75, 3.05) is 18.5 Å². The number of hydrogen-bond acceptors (Lipinski definition) is 6. The summed E-state index contributed by atoms with van der Waals surface area (Å²) in [5.74, 6) is -1.04. The van der Waals surface area contributed by atoms with Gasteiger partial charge in [-0.2, -0.15) is 0 Å². The van der Waals surface area contributed by atoms with E-state index in [-0.39, 0.29) is 44.0 Å². The highest BCUT2D eigenvalue weighted by molar-refractivity contribution is 9.09. The minimum Gasteiger partial charge on any atom is -0.462 e. The van der Waals surface area contributed by atoms with Crippen LogP contribution in [0.2, 0.25) is 0 Å². The Labute approximate surface area is 321 Å². The Kier molecular flexibility index (Phi) is 22.8. The van der Waals surface area contributed by atoms with Crippen LogP contribution in [0.4, 0.5) is 0 Å². The summed E-state index contributed by atoms with van der Waals surface area (Å²) in [5, 5.41) is 5.70. The molecule has 0 amide bonds. The molecular formula is C45H63BrO6. The van der Waals surface area contributed by atoms with Crippen molar-refractivity contribution in [3.8, 4) is 0 Å². The summed E-state index contributed by atoms with van der Waals surface area (Å²) in [6.07, 6.45) is 24.3. The molecule has 0 radical (unpaired) electrons. The van der Waals surface area contributed by atoms with Gasteiger partial charge in [-0.3, -0.25) is 14.4 Å². The fourth-order valence-corrected chi connectivity index (χ4v) is 6.74. The van der Waals surface area contributed by atoms with Crippen LogP contribution >= 0.6 is 15.9 Å². The maximum absolute atomic E-state index is 12.7. The monoisotopic (exact) mass is 778 g/mol. The first-order chi connectivity index (χ1) is 25.5. The molecule has 3 rings (SSSR count). The van der Waals surface area contributed by atoms with Gasteiger partial charge in [-0.25, -0.2) is 0 Å². The lowest BCUT2D eigenvalue weighted by Gasteiger charge is -2.18. The van der Waals surface area contributed by atoms with Crippen molar-refractivity contribution in [2.24, 2.45) is 0 Å². The normalized spacial score (nSPS) is 12.0. The van der Waals surface area contributed by atoms with Crippen LogP contribution < -0.4 is 0 Å². The number of fused-ring (bicyclic) bond motifs is 2. The number of carbonyl (C=O) groups excluding carboxylic acids is 3. The van der Waals surface area contributed by atoms with Crippen molar-refractivity contribution in [1.29, 1.82) is 0 Å². The third kappa shape index (κ3) is 19.0. The van der Waals surface area contributed by atoms with Crippen LogP contribution in [0.3, 0.4) is 0 Å². The molecule has 0 spiro atoms. The highest BCUT2D eigenvalue weighted by Gasteiger charge is 2.19. The third-order valence-electron chi connectivity index (χ3n) is 9.43. The molecule has 7 heteroatoms. The van der Waals surface area contributed by atoms with Gasteiger partial charge >= 0.3 is 17.9 Å². The number of benzene rings is 3. The van der Waals surface area contributed by atoms with Gasteiger partial charge in [0.05, 0.1) is 0 Å². The molecule has 0 aliphatic carbocycles. The summed E-state index contributed by atoms with van der Waals surface area (Å²) in [6, 6.07) is 19.2. The highest BCUT2D eigenvalue weighted by atomic mass is 79.9. The Balaban J connectivity index is 1.31. The summed E-state index contributed by atoms with van der Waals surface area (Å²) < 4.78 is 16.6. The standard InChI is InChI=1S/C45H63BrO6/c1-2-3-4-5-6-7-8-9-10-11-12-13-14-15-17-26-43(47)50-35-42(52-45(49)27-18-16-21-31-46)36-51-44(48)28-22-23-37-29-30-40-33-38-24-19-20-25-39(38)34-41(40)32-37/h9-10,19-20,24-25,29-30,32-34,42H,2-8,11-18,21-23,26-28,31,35-36H2,1H3/b10-9-/t42-/m0/s1. The molecule has 1 atom stereocenters. The SMILES string of the molecule is CCCCCCCC/C=C\CCCCCCCC(=O)OC[C@@H](COC(=O)CCCc1ccc2cc3ccccc3cc2c1)OC(=O)CCCCCBr. The molecule has 0 aromatic heterocycles. The maximum atomic E-state index is 12.7. The first-order valence-electron chi connectivity index (χ1n) is 20.1. The maximum Gasteiger partial charge on any atom is 0.306 e. The predicted octanol–water partition coefficient (Wildman–Crippen LogP) is 12.3. The van der Waals surface area contributed by atoms with Crippen LogP contribution in [-0.2, 0) is 35.0 Å². The molecule has 0 bridgehead atoms. The molecule has 0 fully saturated rings. The Hall–Kier alpha value is -3.19. The number of halogens is 1. The summed E-state index contributed by atoms with van der Waals surface area (Å²) >= 11 is 3.41. The van der Waals surface area contributed by atoms with Gasteiger partial charge in [0.1, 0.15) is 13.2 Å². The van der Waals surface area contributed by atoms with Crippen molar-refractivity contribution in [1.82, 2.24) is 0 Å². The molecular weight excluding hydrogens is 716 g/mol. The Morgan fingerprint density at radius 3 is 1.73 bits per heavy atom. The molecule has 286 valence electrons. The van der Waals surface area contributed by atoms with Gasteiger partial charge in [0.25, 0.3) is 0 Å². The zero-order valence-electron chi connectivity index (χ0n) is 31.7. The number of ether oxygens (including phenoxy) is 3. The predicted molar refractivity (Wildman–Crippen MR) is 218 cm³/mol. The number of rotatable bonds is 29. The van der Waals surface area contributed by atoms with E-state index in [0.717, 1.165) is 63.1 Å². The van der Waals surface area contributed by atoms with E-state index < -0.39 is 6.10 Å². The van der Waals surface area contributed by atoms with E-state index in [2.05, 4.69) is 83.5 Å². The van der Waals surface area contributed by atoms with Gasteiger partial charge in [-0.05, 0) is 97.0 Å². The lowest BCUT2D eigenvalue weighted by atomic mass is 10.00. The van der Waals surface area contributed by atoms with E-state index in [9.17, 15) is 14.4 Å². The lowest BCUT2D eigenvalue weighted by Crippen LogP contribution is -2.30. The summed E-state index contributed by atoms with van der Waals surface area (Å²) in [4.78, 5) is 37.7. The summed E-state index contributed by atoms with van der Waals surface area (Å²) in [5.41, 5.74) is 1.17. The summed E-state index contributed by atoms with van der Waals surface area (Å²) in [7, 11) is 0.